The van der Waals surface area contributed by atoms with Crippen LogP contribution in [0, 0.1) is 11.6 Å². The van der Waals surface area contributed by atoms with Crippen molar-refractivity contribution in [3.63, 3.8) is 0 Å². The van der Waals surface area contributed by atoms with Crippen LogP contribution in [0.2, 0.25) is 0 Å². The second kappa shape index (κ2) is 32.6. The van der Waals surface area contributed by atoms with Gasteiger partial charge in [-0.3, -0.25) is 29.1 Å². The quantitative estimate of drug-likeness (QED) is 0.0254. The Morgan fingerprint density at radius 2 is 1.10 bits per heavy atom. The molecule has 0 aliphatic carbocycles. The molecule has 19 heteroatoms. The van der Waals surface area contributed by atoms with Crippen LogP contribution in [0.4, 0.5) is 31.8 Å². The lowest BCUT2D eigenvalue weighted by Gasteiger charge is -2.26. The van der Waals surface area contributed by atoms with Crippen LogP contribution < -0.4 is 32.3 Å². The van der Waals surface area contributed by atoms with Crippen LogP contribution in [0.25, 0.3) is 34.7 Å². The predicted octanol–water partition coefficient (Wildman–Crippen LogP) is 10.2. The Labute approximate surface area is 461 Å². The van der Waals surface area contributed by atoms with E-state index in [0.29, 0.717) is 71.5 Å². The second-order valence-corrected chi connectivity index (χ2v) is 18.4. The van der Waals surface area contributed by atoms with E-state index in [1.165, 1.54) is 74.9 Å². The normalized spacial score (nSPS) is 13.4. The molecule has 16 nitrogen and oxygen atoms in total. The lowest BCUT2D eigenvalue weighted by molar-refractivity contribution is -0.112. The van der Waals surface area contributed by atoms with Gasteiger partial charge in [-0.1, -0.05) is 44.5 Å². The molecule has 0 bridgehead atoms. The number of allylic oxidation sites excluding steroid dienone is 1. The number of nitrogens with zero attached hydrogens (tertiary/aromatic N) is 6. The number of carbonyl (C=O) groups is 4. The molecule has 7 N–H and O–H groups in total. The topological polar surface area (TPSA) is 212 Å². The SMILES string of the molecule is C.CCNc1nc(-c2ccc(N)c(F)c2)ccc1C(=O)NCCN1CCCCC1.CCNc1nc(-c2ccc(NC(=O)/C=C/c3cccnc3)c(F)c2)ccc1C(=O)NCCN1CCCCC1.O=C(Cl)/C=C/c1cccnc1. The van der Waals surface area contributed by atoms with Gasteiger partial charge in [-0.2, -0.15) is 0 Å². The molecule has 412 valence electrons. The summed E-state index contributed by atoms with van der Waals surface area (Å²) in [7, 11) is 0. The smallest absolute Gasteiger partial charge is 0.255 e. The van der Waals surface area contributed by atoms with Crippen molar-refractivity contribution in [2.45, 2.75) is 59.8 Å². The van der Waals surface area contributed by atoms with Gasteiger partial charge in [0.05, 0.1) is 33.9 Å². The number of anilines is 4. The molecule has 2 aliphatic heterocycles. The zero-order valence-electron chi connectivity index (χ0n) is 43.5. The molecule has 0 atom stereocenters. The maximum absolute atomic E-state index is 14.8. The number of halogens is 3. The molecule has 0 spiro atoms. The Bertz CT molecular complexity index is 2940. The molecule has 4 aromatic heterocycles. The van der Waals surface area contributed by atoms with Crippen LogP contribution in [0.5, 0.6) is 0 Å². The van der Waals surface area contributed by atoms with Crippen molar-refractivity contribution in [3.05, 3.63) is 156 Å². The number of hydrogen-bond donors (Lipinski definition) is 6. The van der Waals surface area contributed by atoms with E-state index < -0.39 is 22.8 Å². The number of amides is 3. The van der Waals surface area contributed by atoms with E-state index in [0.717, 1.165) is 50.4 Å². The van der Waals surface area contributed by atoms with E-state index in [9.17, 15) is 28.0 Å². The number of nitrogens with one attached hydrogen (secondary N) is 5. The van der Waals surface area contributed by atoms with Crippen LogP contribution in [-0.4, -0.2) is 118 Å². The number of hydrogen-bond acceptors (Lipinski definition) is 13. The molecule has 2 aliphatic rings. The highest BCUT2D eigenvalue weighted by atomic mass is 35.5. The first-order chi connectivity index (χ1) is 37.4. The molecule has 2 fully saturated rings. The molecular formula is C59H71ClF2N12O4. The maximum Gasteiger partial charge on any atom is 0.255 e. The first kappa shape index (κ1) is 60.9. The summed E-state index contributed by atoms with van der Waals surface area (Å²) in [5, 5.41) is 14.3. The summed E-state index contributed by atoms with van der Waals surface area (Å²) in [5.74, 6) is -0.938. The summed E-state index contributed by atoms with van der Waals surface area (Å²) in [6.45, 7) is 12.3. The van der Waals surface area contributed by atoms with Crippen molar-refractivity contribution in [3.8, 4) is 22.5 Å². The highest BCUT2D eigenvalue weighted by molar-refractivity contribution is 6.66. The van der Waals surface area contributed by atoms with Crippen molar-refractivity contribution in [2.24, 2.45) is 0 Å². The average Bonchev–Trinajstić information content (AvgIpc) is 3.47. The summed E-state index contributed by atoms with van der Waals surface area (Å²) < 4.78 is 28.6. The molecule has 2 saturated heterocycles. The number of likely N-dealkylation sites (tertiary alicyclic amines) is 2. The zero-order chi connectivity index (χ0) is 54.8. The number of pyridine rings is 4. The number of carbonyl (C=O) groups excluding carboxylic acids is 4. The predicted molar refractivity (Wildman–Crippen MR) is 310 cm³/mol. The Morgan fingerprint density at radius 1 is 0.628 bits per heavy atom. The van der Waals surface area contributed by atoms with Gasteiger partial charge >= 0.3 is 0 Å². The van der Waals surface area contributed by atoms with E-state index in [1.54, 1.807) is 85.5 Å². The Hall–Kier alpha value is -7.93. The standard InChI is InChI=1S/C29H33FN6O2.C21H28FN5O.C8H6ClNO.CH4/c1-2-32-28-23(29(38)33-15-18-36-16-4-3-5-17-36)10-12-25(35-28)22-9-11-26(24(30)19-22)34-27(37)13-8-21-7-6-14-31-20-21;1-2-24-20-16(21(28)25-10-13-27-11-4-3-5-12-27)7-9-19(26-20)15-6-8-18(23)17(22)14-15;9-8(11)4-3-7-2-1-5-10-6-7;/h6-14,19-20H,2-5,15-18H2,1H3,(H,32,35)(H,33,38)(H,34,37);6-9,14H,2-5,10-13,23H2,1H3,(H,24,26)(H,25,28);1-6H;1H4/b13-8+;;4-3+;. The Kier molecular flexibility index (Phi) is 25.5. The van der Waals surface area contributed by atoms with Gasteiger partial charge in [0, 0.05) is 81.3 Å². The molecule has 8 rings (SSSR count). The third-order valence-corrected chi connectivity index (χ3v) is 12.4. The maximum atomic E-state index is 14.8. The highest BCUT2D eigenvalue weighted by Crippen LogP contribution is 2.27. The molecule has 6 heterocycles. The van der Waals surface area contributed by atoms with Gasteiger partial charge in [-0.25, -0.2) is 18.7 Å². The largest absolute Gasteiger partial charge is 0.396 e. The Morgan fingerprint density at radius 3 is 1.54 bits per heavy atom. The molecule has 0 radical (unpaired) electrons. The fourth-order valence-corrected chi connectivity index (χ4v) is 8.40. The minimum Gasteiger partial charge on any atom is -0.396 e. The lowest BCUT2D eigenvalue weighted by Crippen LogP contribution is -2.37. The van der Waals surface area contributed by atoms with E-state index in [1.807, 2.05) is 26.0 Å². The third-order valence-electron chi connectivity index (χ3n) is 12.3. The molecule has 3 amide bonds. The fourth-order valence-electron chi connectivity index (χ4n) is 8.34. The Balaban J connectivity index is 0.000000245. The van der Waals surface area contributed by atoms with Crippen LogP contribution in [-0.2, 0) is 9.59 Å². The average molecular weight is 1090 g/mol. The number of aromatic nitrogens is 4. The molecule has 0 saturated carbocycles. The van der Waals surface area contributed by atoms with Crippen molar-refractivity contribution in [1.29, 1.82) is 0 Å². The first-order valence-corrected chi connectivity index (χ1v) is 26.3. The molecule has 0 unspecified atom stereocenters. The van der Waals surface area contributed by atoms with Gasteiger partial charge < -0.3 is 42.1 Å². The van der Waals surface area contributed by atoms with Crippen molar-refractivity contribution in [2.75, 3.05) is 87.1 Å². The van der Waals surface area contributed by atoms with Crippen LogP contribution in [0.1, 0.15) is 91.6 Å². The third kappa shape index (κ3) is 19.9. The van der Waals surface area contributed by atoms with Gasteiger partial charge in [0.2, 0.25) is 11.1 Å². The van der Waals surface area contributed by atoms with E-state index >= 15 is 0 Å². The van der Waals surface area contributed by atoms with Gasteiger partial charge in [0.15, 0.2) is 0 Å². The van der Waals surface area contributed by atoms with E-state index in [4.69, 9.17) is 17.3 Å². The molecule has 6 aromatic rings. The number of piperidine rings is 2. The number of nitrogens with two attached hydrogens (primary N) is 1. The van der Waals surface area contributed by atoms with Crippen molar-refractivity contribution in [1.82, 2.24) is 40.4 Å². The van der Waals surface area contributed by atoms with Crippen LogP contribution >= 0.6 is 11.6 Å². The zero-order valence-corrected chi connectivity index (χ0v) is 44.3. The molecular weight excluding hydrogens is 1010 g/mol. The number of nitrogen functional groups attached to an aromatic ring is 1. The second-order valence-electron chi connectivity index (χ2n) is 18.0. The summed E-state index contributed by atoms with van der Waals surface area (Å²) in [6.07, 6.45) is 19.9. The van der Waals surface area contributed by atoms with Gasteiger partial charge in [0.1, 0.15) is 23.3 Å². The minimum atomic E-state index is -0.586. The fraction of sp³-hybridized carbons (Fsp3) is 0.322. The summed E-state index contributed by atoms with van der Waals surface area (Å²) in [5.41, 5.74) is 10.5. The number of benzene rings is 2. The van der Waals surface area contributed by atoms with Crippen LogP contribution in [0.15, 0.2) is 122 Å². The van der Waals surface area contributed by atoms with Gasteiger partial charge in [-0.15, -0.1) is 0 Å². The molecule has 78 heavy (non-hydrogen) atoms. The summed E-state index contributed by atoms with van der Waals surface area (Å²) in [6, 6.07) is 23.1. The summed E-state index contributed by atoms with van der Waals surface area (Å²) >= 11 is 5.08. The van der Waals surface area contributed by atoms with E-state index in [2.05, 4.69) is 56.3 Å². The van der Waals surface area contributed by atoms with Crippen molar-refractivity contribution >= 4 is 69.7 Å². The van der Waals surface area contributed by atoms with Crippen LogP contribution in [0.3, 0.4) is 0 Å². The summed E-state index contributed by atoms with van der Waals surface area (Å²) in [4.78, 5) is 69.7. The number of rotatable bonds is 19. The van der Waals surface area contributed by atoms with Crippen molar-refractivity contribution < 1.29 is 28.0 Å². The van der Waals surface area contributed by atoms with E-state index in [-0.39, 0.29) is 30.6 Å². The molecule has 2 aromatic carbocycles. The lowest BCUT2D eigenvalue weighted by atomic mass is 10.1. The highest BCUT2D eigenvalue weighted by Gasteiger charge is 2.18. The minimum absolute atomic E-state index is 0. The monoisotopic (exact) mass is 1080 g/mol. The first-order valence-electron chi connectivity index (χ1n) is 25.9. The van der Waals surface area contributed by atoms with Gasteiger partial charge in [0.25, 0.3) is 11.8 Å². The van der Waals surface area contributed by atoms with Gasteiger partial charge in [-0.05, 0) is 167 Å².